The van der Waals surface area contributed by atoms with E-state index in [1.807, 2.05) is 0 Å². The SMILES string of the molecule is CCC(C)C(C)CC(C)C(C)CC(C)C. The third kappa shape index (κ3) is 6.22. The Bertz CT molecular complexity index is 148. The average Bonchev–Trinajstić information content (AvgIpc) is 2.15. The van der Waals surface area contributed by atoms with Crippen molar-refractivity contribution in [2.45, 2.75) is 67.7 Å². The Morgan fingerprint density at radius 3 is 1.40 bits per heavy atom. The lowest BCUT2D eigenvalue weighted by Gasteiger charge is -2.27. The van der Waals surface area contributed by atoms with Crippen LogP contribution in [-0.4, -0.2) is 0 Å². The van der Waals surface area contributed by atoms with Gasteiger partial charge in [0.15, 0.2) is 0 Å². The summed E-state index contributed by atoms with van der Waals surface area (Å²) < 4.78 is 0. The molecule has 0 heteroatoms. The van der Waals surface area contributed by atoms with Gasteiger partial charge in [0.1, 0.15) is 0 Å². The van der Waals surface area contributed by atoms with E-state index in [-0.39, 0.29) is 0 Å². The minimum absolute atomic E-state index is 0.848. The molecule has 0 bridgehead atoms. The lowest BCUT2D eigenvalue weighted by atomic mass is 9.79. The Morgan fingerprint density at radius 2 is 1.00 bits per heavy atom. The second-order valence-corrected chi connectivity index (χ2v) is 6.18. The van der Waals surface area contributed by atoms with Gasteiger partial charge in [-0.15, -0.1) is 0 Å². The van der Waals surface area contributed by atoms with E-state index in [0.717, 1.165) is 29.6 Å². The fourth-order valence-corrected chi connectivity index (χ4v) is 2.43. The molecule has 4 atom stereocenters. The van der Waals surface area contributed by atoms with Crippen LogP contribution in [0.25, 0.3) is 0 Å². The van der Waals surface area contributed by atoms with Gasteiger partial charge >= 0.3 is 0 Å². The third-order valence-corrected chi connectivity index (χ3v) is 4.17. The summed E-state index contributed by atoms with van der Waals surface area (Å²) in [5, 5.41) is 0. The van der Waals surface area contributed by atoms with Crippen molar-refractivity contribution in [1.29, 1.82) is 0 Å². The first-order valence-electron chi connectivity index (χ1n) is 6.88. The first-order chi connectivity index (χ1) is 6.88. The van der Waals surface area contributed by atoms with Crippen LogP contribution >= 0.6 is 0 Å². The second kappa shape index (κ2) is 7.30. The zero-order chi connectivity index (χ0) is 12.0. The maximum Gasteiger partial charge on any atom is -0.0414 e. The van der Waals surface area contributed by atoms with Gasteiger partial charge in [0.05, 0.1) is 0 Å². The van der Waals surface area contributed by atoms with Crippen molar-refractivity contribution < 1.29 is 0 Å². The van der Waals surface area contributed by atoms with E-state index >= 15 is 0 Å². The van der Waals surface area contributed by atoms with E-state index in [2.05, 4.69) is 48.5 Å². The third-order valence-electron chi connectivity index (χ3n) is 4.17. The molecule has 0 radical (unpaired) electrons. The fourth-order valence-electron chi connectivity index (χ4n) is 2.43. The van der Waals surface area contributed by atoms with Crippen LogP contribution in [-0.2, 0) is 0 Å². The molecule has 0 aromatic rings. The van der Waals surface area contributed by atoms with E-state index in [0.29, 0.717) is 0 Å². The van der Waals surface area contributed by atoms with Gasteiger partial charge < -0.3 is 0 Å². The van der Waals surface area contributed by atoms with E-state index in [1.165, 1.54) is 19.3 Å². The van der Waals surface area contributed by atoms with Crippen LogP contribution in [0.1, 0.15) is 67.7 Å². The normalized spacial score (nSPS) is 20.0. The molecule has 0 nitrogen and oxygen atoms in total. The molecule has 0 fully saturated rings. The average molecular weight is 212 g/mol. The van der Waals surface area contributed by atoms with Crippen molar-refractivity contribution in [3.05, 3.63) is 0 Å². The molecule has 15 heavy (non-hydrogen) atoms. The van der Waals surface area contributed by atoms with Gasteiger partial charge in [0.2, 0.25) is 0 Å². The Labute approximate surface area is 97.8 Å². The summed E-state index contributed by atoms with van der Waals surface area (Å²) in [6, 6.07) is 0. The van der Waals surface area contributed by atoms with E-state index in [1.54, 1.807) is 0 Å². The van der Waals surface area contributed by atoms with E-state index < -0.39 is 0 Å². The van der Waals surface area contributed by atoms with Gasteiger partial charge in [-0.1, -0.05) is 54.9 Å². The highest BCUT2D eigenvalue weighted by Gasteiger charge is 2.19. The minimum atomic E-state index is 0.848. The first-order valence-corrected chi connectivity index (χ1v) is 6.88. The van der Waals surface area contributed by atoms with Crippen LogP contribution in [0, 0.1) is 29.6 Å². The molecule has 0 aromatic carbocycles. The Kier molecular flexibility index (Phi) is 7.30. The number of rotatable bonds is 7. The van der Waals surface area contributed by atoms with Crippen LogP contribution in [0.2, 0.25) is 0 Å². The molecule has 92 valence electrons. The van der Waals surface area contributed by atoms with E-state index in [4.69, 9.17) is 0 Å². The van der Waals surface area contributed by atoms with Crippen LogP contribution < -0.4 is 0 Å². The highest BCUT2D eigenvalue weighted by atomic mass is 14.2. The molecule has 0 aliphatic rings. The minimum Gasteiger partial charge on any atom is -0.0651 e. The summed E-state index contributed by atoms with van der Waals surface area (Å²) in [6.07, 6.45) is 4.11. The smallest absolute Gasteiger partial charge is 0.0414 e. The molecular weight excluding hydrogens is 180 g/mol. The Hall–Kier alpha value is 0. The molecule has 0 aliphatic heterocycles. The zero-order valence-electron chi connectivity index (χ0n) is 12.0. The predicted molar refractivity (Wildman–Crippen MR) is 71.0 cm³/mol. The molecule has 0 heterocycles. The molecule has 0 saturated carbocycles. The van der Waals surface area contributed by atoms with Crippen molar-refractivity contribution in [3.63, 3.8) is 0 Å². The lowest BCUT2D eigenvalue weighted by molar-refractivity contribution is 0.237. The molecule has 0 N–H and O–H groups in total. The summed E-state index contributed by atoms with van der Waals surface area (Å²) >= 11 is 0. The van der Waals surface area contributed by atoms with Crippen molar-refractivity contribution in [2.75, 3.05) is 0 Å². The van der Waals surface area contributed by atoms with Gasteiger partial charge in [-0.05, 0) is 42.4 Å². The largest absolute Gasteiger partial charge is 0.0651 e. The first kappa shape index (κ1) is 15.0. The summed E-state index contributed by atoms with van der Waals surface area (Å²) in [5.74, 6) is 4.40. The highest BCUT2D eigenvalue weighted by Crippen LogP contribution is 2.29. The van der Waals surface area contributed by atoms with Crippen LogP contribution in [0.15, 0.2) is 0 Å². The second-order valence-electron chi connectivity index (χ2n) is 6.18. The van der Waals surface area contributed by atoms with Crippen LogP contribution in [0.3, 0.4) is 0 Å². The van der Waals surface area contributed by atoms with Gasteiger partial charge in [0, 0.05) is 0 Å². The Morgan fingerprint density at radius 1 is 0.600 bits per heavy atom. The molecule has 4 unspecified atom stereocenters. The summed E-state index contributed by atoms with van der Waals surface area (Å²) in [7, 11) is 0. The van der Waals surface area contributed by atoms with Crippen LogP contribution in [0.5, 0.6) is 0 Å². The van der Waals surface area contributed by atoms with E-state index in [9.17, 15) is 0 Å². The van der Waals surface area contributed by atoms with Crippen molar-refractivity contribution in [2.24, 2.45) is 29.6 Å². The summed E-state index contributed by atoms with van der Waals surface area (Å²) in [4.78, 5) is 0. The van der Waals surface area contributed by atoms with Gasteiger partial charge in [-0.2, -0.15) is 0 Å². The Balaban J connectivity index is 3.95. The topological polar surface area (TPSA) is 0 Å². The zero-order valence-corrected chi connectivity index (χ0v) is 12.0. The van der Waals surface area contributed by atoms with Gasteiger partial charge in [0.25, 0.3) is 0 Å². The number of hydrogen-bond donors (Lipinski definition) is 0. The van der Waals surface area contributed by atoms with Gasteiger partial charge in [-0.25, -0.2) is 0 Å². The van der Waals surface area contributed by atoms with Gasteiger partial charge in [-0.3, -0.25) is 0 Å². The molecule has 0 rings (SSSR count). The molecule has 0 spiro atoms. The predicted octanol–water partition coefficient (Wildman–Crippen LogP) is 5.38. The molecule has 0 aliphatic carbocycles. The quantitative estimate of drug-likeness (QED) is 0.531. The van der Waals surface area contributed by atoms with Crippen molar-refractivity contribution >= 4 is 0 Å². The van der Waals surface area contributed by atoms with Crippen molar-refractivity contribution in [3.8, 4) is 0 Å². The molecule has 0 amide bonds. The summed E-state index contributed by atoms with van der Waals surface area (Å²) in [6.45, 7) is 16.7. The highest BCUT2D eigenvalue weighted by molar-refractivity contribution is 4.69. The summed E-state index contributed by atoms with van der Waals surface area (Å²) in [5.41, 5.74) is 0. The number of hydrogen-bond acceptors (Lipinski definition) is 0. The van der Waals surface area contributed by atoms with Crippen molar-refractivity contribution in [1.82, 2.24) is 0 Å². The monoisotopic (exact) mass is 212 g/mol. The standard InChI is InChI=1S/C15H32/c1-8-12(4)14(6)10-15(7)13(5)9-11(2)3/h11-15H,8-10H2,1-7H3. The maximum atomic E-state index is 2.44. The molecule has 0 saturated heterocycles. The fraction of sp³-hybridized carbons (Fsp3) is 1.00. The maximum absolute atomic E-state index is 2.44. The molecular formula is C15H32. The van der Waals surface area contributed by atoms with Crippen LogP contribution in [0.4, 0.5) is 0 Å². The molecule has 0 aromatic heterocycles. The lowest BCUT2D eigenvalue weighted by Crippen LogP contribution is -2.17.